The zero-order chi connectivity index (χ0) is 16.2. The molecule has 0 saturated carbocycles. The molecule has 1 N–H and O–H groups in total. The Bertz CT molecular complexity index is 665. The maximum absolute atomic E-state index is 5.60. The molecule has 0 spiro atoms. The highest BCUT2D eigenvalue weighted by atomic mass is 32.1. The Morgan fingerprint density at radius 1 is 1.22 bits per heavy atom. The van der Waals surface area contributed by atoms with E-state index in [9.17, 15) is 0 Å². The van der Waals surface area contributed by atoms with Gasteiger partial charge in [0.15, 0.2) is 5.11 Å². The normalized spacial score (nSPS) is 16.8. The predicted octanol–water partition coefficient (Wildman–Crippen LogP) is 3.19. The van der Waals surface area contributed by atoms with Gasteiger partial charge in [-0.3, -0.25) is 0 Å². The van der Waals surface area contributed by atoms with E-state index in [-0.39, 0.29) is 6.04 Å². The summed E-state index contributed by atoms with van der Waals surface area (Å²) in [5, 5.41) is 4.11. The molecule has 122 valence electrons. The van der Waals surface area contributed by atoms with E-state index < -0.39 is 0 Å². The number of hydrogen-bond donors (Lipinski definition) is 1. The van der Waals surface area contributed by atoms with E-state index in [2.05, 4.69) is 52.2 Å². The largest absolute Gasteiger partial charge is 0.494 e. The highest BCUT2D eigenvalue weighted by Gasteiger charge is 2.30. The van der Waals surface area contributed by atoms with Crippen LogP contribution in [0.25, 0.3) is 0 Å². The monoisotopic (exact) mass is 329 g/mol. The van der Waals surface area contributed by atoms with Crippen molar-refractivity contribution >= 4 is 17.3 Å². The molecule has 4 nitrogen and oxygen atoms in total. The van der Waals surface area contributed by atoms with Gasteiger partial charge in [0, 0.05) is 31.5 Å². The van der Waals surface area contributed by atoms with Gasteiger partial charge in [0.1, 0.15) is 5.75 Å². The number of aromatic nitrogens is 1. The number of benzene rings is 1. The lowest BCUT2D eigenvalue weighted by Gasteiger charge is -2.39. The van der Waals surface area contributed by atoms with E-state index in [1.165, 1.54) is 11.3 Å². The van der Waals surface area contributed by atoms with Crippen molar-refractivity contribution in [2.24, 2.45) is 0 Å². The van der Waals surface area contributed by atoms with Crippen molar-refractivity contribution in [1.82, 2.24) is 14.8 Å². The van der Waals surface area contributed by atoms with Gasteiger partial charge < -0.3 is 19.5 Å². The average molecular weight is 329 g/mol. The molecule has 0 fully saturated rings. The molecule has 0 bridgehead atoms. The van der Waals surface area contributed by atoms with Crippen molar-refractivity contribution in [1.29, 1.82) is 0 Å². The SMILES string of the molecule is CCNC(=S)N1CCn2cccc2[C@@H]1c1ccc(OCC)cc1. The molecule has 3 rings (SSSR count). The summed E-state index contributed by atoms with van der Waals surface area (Å²) in [5.74, 6) is 0.906. The van der Waals surface area contributed by atoms with Crippen LogP contribution in [0.1, 0.15) is 31.1 Å². The molecule has 1 atom stereocenters. The third-order valence-electron chi connectivity index (χ3n) is 4.13. The maximum Gasteiger partial charge on any atom is 0.169 e. The molecule has 2 aromatic rings. The number of thiocarbonyl (C=S) groups is 1. The fourth-order valence-electron chi connectivity index (χ4n) is 3.12. The van der Waals surface area contributed by atoms with Crippen LogP contribution in [-0.2, 0) is 6.54 Å². The zero-order valence-corrected chi connectivity index (χ0v) is 14.5. The van der Waals surface area contributed by atoms with E-state index in [0.717, 1.165) is 30.5 Å². The summed E-state index contributed by atoms with van der Waals surface area (Å²) in [6.07, 6.45) is 2.14. The van der Waals surface area contributed by atoms with Gasteiger partial charge in [0.2, 0.25) is 0 Å². The first kappa shape index (κ1) is 15.9. The Hall–Kier alpha value is -2.01. The lowest BCUT2D eigenvalue weighted by atomic mass is 10.00. The van der Waals surface area contributed by atoms with Gasteiger partial charge in [-0.2, -0.15) is 0 Å². The number of ether oxygens (including phenoxy) is 1. The van der Waals surface area contributed by atoms with Crippen molar-refractivity contribution in [2.75, 3.05) is 19.7 Å². The number of rotatable bonds is 4. The van der Waals surface area contributed by atoms with E-state index in [4.69, 9.17) is 17.0 Å². The molecule has 0 aliphatic carbocycles. The van der Waals surface area contributed by atoms with Crippen molar-refractivity contribution < 1.29 is 4.74 Å². The Labute approximate surface area is 143 Å². The predicted molar refractivity (Wildman–Crippen MR) is 96.9 cm³/mol. The standard InChI is InChI=1S/C18H23N3OS/c1-3-19-18(23)21-13-12-20-11-5-6-16(20)17(21)14-7-9-15(10-8-14)22-4-2/h5-11,17H,3-4,12-13H2,1-2H3,(H,19,23)/t17-/m0/s1. The third-order valence-corrected chi connectivity index (χ3v) is 4.51. The minimum Gasteiger partial charge on any atom is -0.494 e. The van der Waals surface area contributed by atoms with Gasteiger partial charge >= 0.3 is 0 Å². The summed E-state index contributed by atoms with van der Waals surface area (Å²) in [6, 6.07) is 12.8. The minimum absolute atomic E-state index is 0.140. The first-order valence-corrected chi connectivity index (χ1v) is 8.57. The molecule has 1 aromatic carbocycles. The van der Waals surface area contributed by atoms with Crippen molar-refractivity contribution in [3.8, 4) is 5.75 Å². The van der Waals surface area contributed by atoms with Crippen molar-refractivity contribution in [3.05, 3.63) is 53.9 Å². The van der Waals surface area contributed by atoms with Crippen LogP contribution in [0.3, 0.4) is 0 Å². The summed E-state index contributed by atoms with van der Waals surface area (Å²) >= 11 is 5.60. The number of nitrogens with one attached hydrogen (secondary N) is 1. The highest BCUT2D eigenvalue weighted by Crippen LogP contribution is 2.33. The topological polar surface area (TPSA) is 29.4 Å². The first-order chi connectivity index (χ1) is 11.2. The Morgan fingerprint density at radius 2 is 2.00 bits per heavy atom. The summed E-state index contributed by atoms with van der Waals surface area (Å²) in [4.78, 5) is 2.28. The minimum atomic E-state index is 0.140. The Balaban J connectivity index is 1.95. The molecule has 1 aromatic heterocycles. The maximum atomic E-state index is 5.60. The Morgan fingerprint density at radius 3 is 2.70 bits per heavy atom. The fourth-order valence-corrected chi connectivity index (χ4v) is 3.46. The van der Waals surface area contributed by atoms with E-state index in [1.54, 1.807) is 0 Å². The van der Waals surface area contributed by atoms with E-state index in [1.807, 2.05) is 19.1 Å². The molecule has 0 unspecified atom stereocenters. The van der Waals surface area contributed by atoms with Crippen LogP contribution in [0, 0.1) is 0 Å². The van der Waals surface area contributed by atoms with Gasteiger partial charge in [-0.05, 0) is 55.9 Å². The van der Waals surface area contributed by atoms with Crippen LogP contribution < -0.4 is 10.1 Å². The van der Waals surface area contributed by atoms with Gasteiger partial charge in [-0.1, -0.05) is 12.1 Å². The molecule has 2 heterocycles. The van der Waals surface area contributed by atoms with Gasteiger partial charge in [0.25, 0.3) is 0 Å². The quantitative estimate of drug-likeness (QED) is 0.873. The number of nitrogens with zero attached hydrogens (tertiary/aromatic N) is 2. The molecule has 1 aliphatic heterocycles. The average Bonchev–Trinajstić information content (AvgIpc) is 3.04. The molecular weight excluding hydrogens is 306 g/mol. The molecule has 0 saturated heterocycles. The van der Waals surface area contributed by atoms with Gasteiger partial charge in [-0.15, -0.1) is 0 Å². The highest BCUT2D eigenvalue weighted by molar-refractivity contribution is 7.80. The van der Waals surface area contributed by atoms with Crippen LogP contribution in [0.4, 0.5) is 0 Å². The van der Waals surface area contributed by atoms with Crippen LogP contribution in [0.15, 0.2) is 42.6 Å². The van der Waals surface area contributed by atoms with Crippen molar-refractivity contribution in [2.45, 2.75) is 26.4 Å². The van der Waals surface area contributed by atoms with E-state index in [0.29, 0.717) is 6.61 Å². The smallest absolute Gasteiger partial charge is 0.169 e. The number of fused-ring (bicyclic) bond motifs is 1. The summed E-state index contributed by atoms with van der Waals surface area (Å²) in [5.41, 5.74) is 2.51. The van der Waals surface area contributed by atoms with Gasteiger partial charge in [-0.25, -0.2) is 0 Å². The molecule has 0 radical (unpaired) electrons. The second kappa shape index (κ2) is 7.04. The first-order valence-electron chi connectivity index (χ1n) is 8.16. The summed E-state index contributed by atoms with van der Waals surface area (Å²) < 4.78 is 7.87. The molecule has 23 heavy (non-hydrogen) atoms. The van der Waals surface area contributed by atoms with Crippen LogP contribution in [0.2, 0.25) is 0 Å². The van der Waals surface area contributed by atoms with E-state index >= 15 is 0 Å². The summed E-state index contributed by atoms with van der Waals surface area (Å²) in [7, 11) is 0. The lowest BCUT2D eigenvalue weighted by molar-refractivity contribution is 0.286. The molecule has 1 aliphatic rings. The fraction of sp³-hybridized carbons (Fsp3) is 0.389. The van der Waals surface area contributed by atoms with Gasteiger partial charge in [0.05, 0.1) is 12.6 Å². The second-order valence-electron chi connectivity index (χ2n) is 5.56. The number of hydrogen-bond acceptors (Lipinski definition) is 2. The molecule has 5 heteroatoms. The third kappa shape index (κ3) is 3.20. The van der Waals surface area contributed by atoms with Crippen LogP contribution in [-0.4, -0.2) is 34.3 Å². The molecular formula is C18H23N3OS. The zero-order valence-electron chi connectivity index (χ0n) is 13.7. The second-order valence-corrected chi connectivity index (χ2v) is 5.95. The Kier molecular flexibility index (Phi) is 4.86. The van der Waals surface area contributed by atoms with Crippen molar-refractivity contribution in [3.63, 3.8) is 0 Å². The van der Waals surface area contributed by atoms with Crippen LogP contribution in [0.5, 0.6) is 5.75 Å². The summed E-state index contributed by atoms with van der Waals surface area (Å²) in [6.45, 7) is 7.46. The molecule has 0 amide bonds. The van der Waals surface area contributed by atoms with Crippen LogP contribution >= 0.6 is 12.2 Å². The lowest BCUT2D eigenvalue weighted by Crippen LogP contribution is -2.47.